The van der Waals surface area contributed by atoms with Gasteiger partial charge in [-0.15, -0.1) is 0 Å². The number of rotatable bonds is 6. The molecular weight excluding hydrogens is 314 g/mol. The van der Waals surface area contributed by atoms with Gasteiger partial charge in [-0.3, -0.25) is 4.79 Å². The summed E-state index contributed by atoms with van der Waals surface area (Å²) < 4.78 is 24.6. The Labute approximate surface area is 140 Å². The highest BCUT2D eigenvalue weighted by Gasteiger charge is 2.30. The minimum absolute atomic E-state index is 0.0145. The van der Waals surface area contributed by atoms with Gasteiger partial charge >= 0.3 is 0 Å². The number of carbonyl (C=O) groups is 1. The van der Waals surface area contributed by atoms with Crippen molar-refractivity contribution in [3.8, 4) is 0 Å². The lowest BCUT2D eigenvalue weighted by Crippen LogP contribution is -3.13. The second-order valence-corrected chi connectivity index (χ2v) is 9.27. The van der Waals surface area contributed by atoms with Crippen LogP contribution in [-0.2, 0) is 14.8 Å². The van der Waals surface area contributed by atoms with Gasteiger partial charge in [-0.05, 0) is 31.6 Å². The summed E-state index contributed by atoms with van der Waals surface area (Å²) in [6.07, 6.45) is 6.39. The highest BCUT2D eigenvalue weighted by atomic mass is 32.2. The second kappa shape index (κ2) is 8.44. The van der Waals surface area contributed by atoms with E-state index in [1.165, 1.54) is 36.5 Å². The van der Waals surface area contributed by atoms with E-state index in [0.717, 1.165) is 31.7 Å². The maximum absolute atomic E-state index is 12.2. The first-order valence-corrected chi connectivity index (χ1v) is 10.8. The fourth-order valence-corrected chi connectivity index (χ4v) is 4.48. The Hall–Kier alpha value is -0.660. The zero-order valence-electron chi connectivity index (χ0n) is 14.5. The number of nitrogens with zero attached hydrogens (tertiary/aromatic N) is 1. The monoisotopic (exact) mass is 346 g/mol. The molecule has 7 heteroatoms. The second-order valence-electron chi connectivity index (χ2n) is 7.29. The molecule has 2 saturated heterocycles. The molecule has 0 aromatic carbocycles. The summed E-state index contributed by atoms with van der Waals surface area (Å²) in [5, 5.41) is 3.00. The molecule has 1 amide bonds. The molecule has 2 aliphatic heterocycles. The van der Waals surface area contributed by atoms with Gasteiger partial charge in [-0.25, -0.2) is 12.7 Å². The Morgan fingerprint density at radius 3 is 2.61 bits per heavy atom. The average Bonchev–Trinajstić information content (AvgIpc) is 2.52. The fraction of sp³-hybridized carbons (Fsp3) is 0.938. The first-order chi connectivity index (χ1) is 10.9. The van der Waals surface area contributed by atoms with Crippen molar-refractivity contribution in [2.75, 3.05) is 45.5 Å². The summed E-state index contributed by atoms with van der Waals surface area (Å²) in [6, 6.07) is 0. The number of carbonyl (C=O) groups excluding carboxylic acids is 1. The van der Waals surface area contributed by atoms with Crippen molar-refractivity contribution in [2.24, 2.45) is 11.8 Å². The molecular formula is C16H32N3O3S+. The zero-order valence-corrected chi connectivity index (χ0v) is 15.3. The van der Waals surface area contributed by atoms with E-state index in [4.69, 9.17) is 0 Å². The lowest BCUT2D eigenvalue weighted by molar-refractivity contribution is -0.906. The van der Waals surface area contributed by atoms with E-state index in [9.17, 15) is 13.2 Å². The van der Waals surface area contributed by atoms with Crippen LogP contribution in [-0.4, -0.2) is 64.2 Å². The first-order valence-electron chi connectivity index (χ1n) is 8.92. The third-order valence-corrected chi connectivity index (χ3v) is 6.48. The molecule has 0 radical (unpaired) electrons. The molecule has 23 heavy (non-hydrogen) atoms. The molecule has 134 valence electrons. The molecule has 0 aromatic heterocycles. The van der Waals surface area contributed by atoms with Gasteiger partial charge in [-0.2, -0.15) is 0 Å². The molecule has 0 spiro atoms. The SMILES string of the molecule is CC1CC[NH+](CCCNC(=O)C2CCCN(S(C)(=O)=O)C2)CC1. The van der Waals surface area contributed by atoms with E-state index < -0.39 is 10.0 Å². The average molecular weight is 347 g/mol. The van der Waals surface area contributed by atoms with E-state index >= 15 is 0 Å². The smallest absolute Gasteiger partial charge is 0.224 e. The third kappa shape index (κ3) is 6.04. The van der Waals surface area contributed by atoms with Gasteiger partial charge in [0.05, 0.1) is 31.8 Å². The van der Waals surface area contributed by atoms with Crippen molar-refractivity contribution in [1.29, 1.82) is 0 Å². The molecule has 6 nitrogen and oxygen atoms in total. The van der Waals surface area contributed by atoms with E-state index in [1.54, 1.807) is 4.90 Å². The molecule has 2 heterocycles. The Morgan fingerprint density at radius 1 is 1.26 bits per heavy atom. The standard InChI is InChI=1S/C16H31N3O3S/c1-14-6-11-18(12-7-14)9-4-8-17-16(20)15-5-3-10-19(13-15)23(2,21)22/h14-15H,3-13H2,1-2H3,(H,17,20)/p+1. The molecule has 2 fully saturated rings. The van der Waals surface area contributed by atoms with Crippen LogP contribution in [0.15, 0.2) is 0 Å². The van der Waals surface area contributed by atoms with E-state index in [1.807, 2.05) is 0 Å². The van der Waals surface area contributed by atoms with Crippen LogP contribution < -0.4 is 10.2 Å². The molecule has 1 unspecified atom stereocenters. The molecule has 2 aliphatic rings. The van der Waals surface area contributed by atoms with Crippen molar-refractivity contribution in [3.05, 3.63) is 0 Å². The minimum atomic E-state index is -3.19. The maximum Gasteiger partial charge on any atom is 0.224 e. The Morgan fingerprint density at radius 2 is 1.96 bits per heavy atom. The van der Waals surface area contributed by atoms with Gasteiger partial charge in [-0.1, -0.05) is 6.92 Å². The van der Waals surface area contributed by atoms with Crippen LogP contribution in [0.3, 0.4) is 0 Å². The highest BCUT2D eigenvalue weighted by Crippen LogP contribution is 2.18. The van der Waals surface area contributed by atoms with Crippen molar-refractivity contribution < 1.29 is 18.1 Å². The van der Waals surface area contributed by atoms with Crippen molar-refractivity contribution in [1.82, 2.24) is 9.62 Å². The summed E-state index contributed by atoms with van der Waals surface area (Å²) in [5.41, 5.74) is 0. The quantitative estimate of drug-likeness (QED) is 0.636. The van der Waals surface area contributed by atoms with Crippen LogP contribution in [0.2, 0.25) is 0 Å². The van der Waals surface area contributed by atoms with Crippen LogP contribution in [0.25, 0.3) is 0 Å². The number of likely N-dealkylation sites (tertiary alicyclic amines) is 1. The number of nitrogens with one attached hydrogen (secondary N) is 2. The summed E-state index contributed by atoms with van der Waals surface area (Å²) in [5.74, 6) is 0.685. The number of hydrogen-bond donors (Lipinski definition) is 2. The topological polar surface area (TPSA) is 70.9 Å². The van der Waals surface area contributed by atoms with Crippen LogP contribution in [0, 0.1) is 11.8 Å². The van der Waals surface area contributed by atoms with Gasteiger partial charge in [0.2, 0.25) is 15.9 Å². The van der Waals surface area contributed by atoms with E-state index in [2.05, 4.69) is 12.2 Å². The third-order valence-electron chi connectivity index (χ3n) is 5.21. The number of quaternary nitrogens is 1. The fourth-order valence-electron chi connectivity index (χ4n) is 3.57. The zero-order chi connectivity index (χ0) is 16.9. The van der Waals surface area contributed by atoms with Crippen LogP contribution in [0.1, 0.15) is 39.0 Å². The molecule has 1 atom stereocenters. The lowest BCUT2D eigenvalue weighted by atomic mass is 9.98. The largest absolute Gasteiger partial charge is 0.356 e. The molecule has 0 aliphatic carbocycles. The molecule has 0 saturated carbocycles. The predicted molar refractivity (Wildman–Crippen MR) is 90.7 cm³/mol. The first kappa shape index (κ1) is 18.7. The predicted octanol–water partition coefficient (Wildman–Crippen LogP) is -0.521. The van der Waals surface area contributed by atoms with Crippen LogP contribution >= 0.6 is 0 Å². The molecule has 0 aromatic rings. The van der Waals surface area contributed by atoms with E-state index in [0.29, 0.717) is 19.6 Å². The summed E-state index contributed by atoms with van der Waals surface area (Å²) in [7, 11) is -3.19. The summed E-state index contributed by atoms with van der Waals surface area (Å²) in [6.45, 7) is 7.52. The number of hydrogen-bond acceptors (Lipinski definition) is 3. The number of amides is 1. The van der Waals surface area contributed by atoms with Crippen molar-refractivity contribution in [2.45, 2.75) is 39.0 Å². The molecule has 0 bridgehead atoms. The van der Waals surface area contributed by atoms with Gasteiger partial charge < -0.3 is 10.2 Å². The normalized spacial score (nSPS) is 30.1. The lowest BCUT2D eigenvalue weighted by Gasteiger charge is -2.30. The van der Waals surface area contributed by atoms with Crippen molar-refractivity contribution in [3.63, 3.8) is 0 Å². The maximum atomic E-state index is 12.2. The Kier molecular flexibility index (Phi) is 6.85. The minimum Gasteiger partial charge on any atom is -0.356 e. The van der Waals surface area contributed by atoms with Gasteiger partial charge in [0, 0.05) is 26.1 Å². The van der Waals surface area contributed by atoms with Gasteiger partial charge in [0.1, 0.15) is 0 Å². The summed E-state index contributed by atoms with van der Waals surface area (Å²) in [4.78, 5) is 13.9. The number of piperidine rings is 2. The molecule has 2 N–H and O–H groups in total. The Bertz CT molecular complexity index is 487. The van der Waals surface area contributed by atoms with E-state index in [-0.39, 0.29) is 11.8 Å². The van der Waals surface area contributed by atoms with Gasteiger partial charge in [0.15, 0.2) is 0 Å². The molecule has 2 rings (SSSR count). The number of sulfonamides is 1. The summed E-state index contributed by atoms with van der Waals surface area (Å²) >= 11 is 0. The van der Waals surface area contributed by atoms with Crippen LogP contribution in [0.4, 0.5) is 0 Å². The van der Waals surface area contributed by atoms with Crippen molar-refractivity contribution >= 4 is 15.9 Å². The van der Waals surface area contributed by atoms with Crippen LogP contribution in [0.5, 0.6) is 0 Å². The van der Waals surface area contributed by atoms with Gasteiger partial charge in [0.25, 0.3) is 0 Å². The Balaban J connectivity index is 1.64. The highest BCUT2D eigenvalue weighted by molar-refractivity contribution is 7.88.